The number of carbonyl (C=O) groups is 1. The third-order valence-corrected chi connectivity index (χ3v) is 4.09. The minimum absolute atomic E-state index is 0. The number of hydrogen-bond acceptors (Lipinski definition) is 3. The zero-order chi connectivity index (χ0) is 15.7. The number of carbonyl (C=O) groups excluding carboxylic acids is 1. The Morgan fingerprint density at radius 1 is 1.43 bits per heavy atom. The van der Waals surface area contributed by atoms with Gasteiger partial charge in [-0.25, -0.2) is 4.39 Å². The molecule has 2 aromatic rings. The summed E-state index contributed by atoms with van der Waals surface area (Å²) in [4.78, 5) is 12.5. The molecule has 1 aliphatic heterocycles. The van der Waals surface area contributed by atoms with Crippen LogP contribution in [0.1, 0.15) is 17.0 Å². The average Bonchev–Trinajstić information content (AvgIpc) is 3.10. The van der Waals surface area contributed by atoms with Crippen LogP contribution >= 0.6 is 12.4 Å². The molecule has 0 aliphatic carbocycles. The van der Waals surface area contributed by atoms with Crippen LogP contribution in [0.3, 0.4) is 0 Å². The van der Waals surface area contributed by atoms with Crippen LogP contribution in [0.4, 0.5) is 10.1 Å². The Labute approximate surface area is 140 Å². The van der Waals surface area contributed by atoms with Crippen molar-refractivity contribution in [2.75, 3.05) is 18.4 Å². The molecule has 1 fully saturated rings. The summed E-state index contributed by atoms with van der Waals surface area (Å²) >= 11 is 0. The number of nitrogens with zero attached hydrogens (tertiary/aromatic N) is 2. The van der Waals surface area contributed by atoms with Gasteiger partial charge in [-0.05, 0) is 30.2 Å². The quantitative estimate of drug-likeness (QED) is 0.902. The van der Waals surface area contributed by atoms with Crippen molar-refractivity contribution in [3.8, 4) is 0 Å². The topological polar surface area (TPSA) is 59.0 Å². The fraction of sp³-hybridized carbons (Fsp3) is 0.375. The maximum Gasteiger partial charge on any atom is 0.229 e. The lowest BCUT2D eigenvalue weighted by molar-refractivity contribution is -0.119. The number of anilines is 1. The standard InChI is InChI=1S/C16H19FN4O.ClH/c1-10-3-4-15(14(17)5-10)20-16(22)13-8-18-7-12(13)11-6-19-21(2)9-11;/h3-6,9,12-13,18H,7-8H2,1-2H3,(H,20,22);1H/t12-,13+;/m1./s1. The van der Waals surface area contributed by atoms with E-state index in [1.807, 2.05) is 20.2 Å². The first-order chi connectivity index (χ1) is 10.5. The Bertz CT molecular complexity index is 703. The van der Waals surface area contributed by atoms with Gasteiger partial charge in [0.2, 0.25) is 5.91 Å². The molecule has 0 unspecified atom stereocenters. The molecule has 0 saturated carbocycles. The van der Waals surface area contributed by atoms with Crippen molar-refractivity contribution in [2.24, 2.45) is 13.0 Å². The number of halogens is 2. The van der Waals surface area contributed by atoms with Crippen LogP contribution < -0.4 is 10.6 Å². The molecular formula is C16H20ClFN4O. The third kappa shape index (κ3) is 3.71. The number of aromatic nitrogens is 2. The summed E-state index contributed by atoms with van der Waals surface area (Å²) in [5, 5.41) is 10.1. The first kappa shape index (κ1) is 17.4. The average molecular weight is 339 g/mol. The minimum atomic E-state index is -0.405. The van der Waals surface area contributed by atoms with E-state index < -0.39 is 5.82 Å². The first-order valence-corrected chi connectivity index (χ1v) is 7.31. The van der Waals surface area contributed by atoms with Gasteiger partial charge in [0.25, 0.3) is 0 Å². The SMILES string of the molecule is Cc1ccc(NC(=O)[C@H]2CNC[C@@H]2c2cnn(C)c2)c(F)c1.Cl. The summed E-state index contributed by atoms with van der Waals surface area (Å²) in [5.74, 6) is -0.744. The second kappa shape index (κ2) is 7.10. The molecule has 2 heterocycles. The Morgan fingerprint density at radius 2 is 2.22 bits per heavy atom. The fourth-order valence-corrected chi connectivity index (χ4v) is 2.88. The molecule has 0 radical (unpaired) electrons. The summed E-state index contributed by atoms with van der Waals surface area (Å²) < 4.78 is 15.6. The van der Waals surface area contributed by atoms with E-state index in [0.717, 1.165) is 17.7 Å². The summed E-state index contributed by atoms with van der Waals surface area (Å²) in [6.45, 7) is 3.12. The number of nitrogens with one attached hydrogen (secondary N) is 2. The van der Waals surface area contributed by atoms with Gasteiger partial charge in [-0.2, -0.15) is 5.10 Å². The number of hydrogen-bond donors (Lipinski definition) is 2. The second-order valence-corrected chi connectivity index (χ2v) is 5.79. The molecule has 0 bridgehead atoms. The minimum Gasteiger partial charge on any atom is -0.323 e. The van der Waals surface area contributed by atoms with Crippen LogP contribution in [0.25, 0.3) is 0 Å². The van der Waals surface area contributed by atoms with Crippen molar-refractivity contribution in [1.82, 2.24) is 15.1 Å². The Balaban J connectivity index is 0.00000192. The number of benzene rings is 1. The van der Waals surface area contributed by atoms with E-state index in [1.54, 1.807) is 23.0 Å². The van der Waals surface area contributed by atoms with Crippen molar-refractivity contribution in [3.63, 3.8) is 0 Å². The molecule has 124 valence electrons. The Hall–Kier alpha value is -1.92. The van der Waals surface area contributed by atoms with Gasteiger partial charge in [0.15, 0.2) is 0 Å². The van der Waals surface area contributed by atoms with Crippen LogP contribution in [0.5, 0.6) is 0 Å². The van der Waals surface area contributed by atoms with E-state index in [4.69, 9.17) is 0 Å². The van der Waals surface area contributed by atoms with Crippen molar-refractivity contribution in [1.29, 1.82) is 0 Å². The molecule has 1 aliphatic rings. The lowest BCUT2D eigenvalue weighted by Gasteiger charge is -2.17. The van der Waals surface area contributed by atoms with Crippen LogP contribution in [0.15, 0.2) is 30.6 Å². The summed E-state index contributed by atoms with van der Waals surface area (Å²) in [7, 11) is 1.85. The zero-order valence-electron chi connectivity index (χ0n) is 13.0. The van der Waals surface area contributed by atoms with Crippen molar-refractivity contribution >= 4 is 24.0 Å². The second-order valence-electron chi connectivity index (χ2n) is 5.79. The Morgan fingerprint density at radius 3 is 2.87 bits per heavy atom. The molecule has 1 saturated heterocycles. The predicted octanol–water partition coefficient (Wildman–Crippen LogP) is 2.23. The number of aryl methyl sites for hydroxylation is 2. The number of rotatable bonds is 3. The van der Waals surface area contributed by atoms with E-state index in [1.165, 1.54) is 6.07 Å². The highest BCUT2D eigenvalue weighted by Gasteiger charge is 2.34. The molecule has 3 rings (SSSR count). The smallest absolute Gasteiger partial charge is 0.229 e. The molecule has 0 spiro atoms. The predicted molar refractivity (Wildman–Crippen MR) is 89.3 cm³/mol. The van der Waals surface area contributed by atoms with Gasteiger partial charge in [-0.15, -0.1) is 12.4 Å². The molecule has 1 aromatic heterocycles. The highest BCUT2D eigenvalue weighted by atomic mass is 35.5. The van der Waals surface area contributed by atoms with E-state index >= 15 is 0 Å². The van der Waals surface area contributed by atoms with E-state index in [9.17, 15) is 9.18 Å². The molecule has 5 nitrogen and oxygen atoms in total. The summed E-state index contributed by atoms with van der Waals surface area (Å²) in [6, 6.07) is 4.80. The van der Waals surface area contributed by atoms with Crippen molar-refractivity contribution < 1.29 is 9.18 Å². The maximum absolute atomic E-state index is 13.9. The van der Waals surface area contributed by atoms with Gasteiger partial charge in [0.05, 0.1) is 17.8 Å². The van der Waals surface area contributed by atoms with Crippen LogP contribution in [-0.2, 0) is 11.8 Å². The van der Waals surface area contributed by atoms with Gasteiger partial charge < -0.3 is 10.6 Å². The van der Waals surface area contributed by atoms with Crippen LogP contribution in [-0.4, -0.2) is 28.8 Å². The van der Waals surface area contributed by atoms with Gasteiger partial charge in [-0.1, -0.05) is 6.07 Å². The molecule has 1 aromatic carbocycles. The lowest BCUT2D eigenvalue weighted by atomic mass is 9.90. The van der Waals surface area contributed by atoms with Gasteiger partial charge in [0, 0.05) is 32.3 Å². The van der Waals surface area contributed by atoms with Crippen LogP contribution in [0, 0.1) is 18.7 Å². The molecule has 2 N–H and O–H groups in total. The largest absolute Gasteiger partial charge is 0.323 e. The van der Waals surface area contributed by atoms with Gasteiger partial charge in [-0.3, -0.25) is 9.48 Å². The highest BCUT2D eigenvalue weighted by Crippen LogP contribution is 2.29. The summed E-state index contributed by atoms with van der Waals surface area (Å²) in [5.41, 5.74) is 2.08. The monoisotopic (exact) mass is 338 g/mol. The first-order valence-electron chi connectivity index (χ1n) is 7.31. The van der Waals surface area contributed by atoms with Gasteiger partial charge in [0.1, 0.15) is 5.82 Å². The Kier molecular flexibility index (Phi) is 5.38. The fourth-order valence-electron chi connectivity index (χ4n) is 2.88. The third-order valence-electron chi connectivity index (χ3n) is 4.09. The van der Waals surface area contributed by atoms with E-state index in [-0.39, 0.29) is 35.8 Å². The van der Waals surface area contributed by atoms with Crippen LogP contribution in [0.2, 0.25) is 0 Å². The molecule has 1 amide bonds. The molecular weight excluding hydrogens is 319 g/mol. The van der Waals surface area contributed by atoms with E-state index in [0.29, 0.717) is 6.54 Å². The van der Waals surface area contributed by atoms with Crippen molar-refractivity contribution in [2.45, 2.75) is 12.8 Å². The van der Waals surface area contributed by atoms with E-state index in [2.05, 4.69) is 15.7 Å². The lowest BCUT2D eigenvalue weighted by Crippen LogP contribution is -2.28. The molecule has 7 heteroatoms. The number of amides is 1. The normalized spacial score (nSPS) is 20.1. The van der Waals surface area contributed by atoms with Gasteiger partial charge >= 0.3 is 0 Å². The molecule has 2 atom stereocenters. The van der Waals surface area contributed by atoms with Crippen molar-refractivity contribution in [3.05, 3.63) is 47.5 Å². The highest BCUT2D eigenvalue weighted by molar-refractivity contribution is 5.93. The maximum atomic E-state index is 13.9. The molecule has 23 heavy (non-hydrogen) atoms. The summed E-state index contributed by atoms with van der Waals surface area (Å²) in [6.07, 6.45) is 3.70. The zero-order valence-corrected chi connectivity index (χ0v) is 13.9.